The van der Waals surface area contributed by atoms with Crippen molar-refractivity contribution < 1.29 is 13.2 Å². The molecule has 1 aromatic rings. The molecular formula is C15H20F3NS. The fourth-order valence-corrected chi connectivity index (χ4v) is 4.18. The van der Waals surface area contributed by atoms with Crippen molar-refractivity contribution in [1.29, 1.82) is 0 Å². The van der Waals surface area contributed by atoms with Gasteiger partial charge in [0.1, 0.15) is 0 Å². The number of thiophene rings is 1. The van der Waals surface area contributed by atoms with E-state index in [1.54, 1.807) is 11.3 Å². The summed E-state index contributed by atoms with van der Waals surface area (Å²) in [6, 6.07) is 3.75. The van der Waals surface area contributed by atoms with E-state index in [-0.39, 0.29) is 12.5 Å². The zero-order valence-electron chi connectivity index (χ0n) is 11.3. The van der Waals surface area contributed by atoms with E-state index < -0.39 is 18.1 Å². The molecule has 20 heavy (non-hydrogen) atoms. The second-order valence-electron chi connectivity index (χ2n) is 6.04. The zero-order valence-corrected chi connectivity index (χ0v) is 12.1. The summed E-state index contributed by atoms with van der Waals surface area (Å²) in [6.45, 7) is 0. The first-order valence-corrected chi connectivity index (χ1v) is 8.30. The van der Waals surface area contributed by atoms with Crippen molar-refractivity contribution in [2.75, 3.05) is 0 Å². The summed E-state index contributed by atoms with van der Waals surface area (Å²) < 4.78 is 39.5. The van der Waals surface area contributed by atoms with E-state index in [0.717, 1.165) is 19.3 Å². The average molecular weight is 303 g/mol. The summed E-state index contributed by atoms with van der Waals surface area (Å²) in [4.78, 5) is 1.19. The number of alkyl halides is 3. The molecule has 0 spiro atoms. The van der Waals surface area contributed by atoms with Crippen molar-refractivity contribution in [2.45, 2.75) is 56.8 Å². The van der Waals surface area contributed by atoms with E-state index in [2.05, 4.69) is 5.32 Å². The van der Waals surface area contributed by atoms with Gasteiger partial charge in [-0.15, -0.1) is 11.3 Å². The smallest absolute Gasteiger partial charge is 0.306 e. The molecule has 112 valence electrons. The second kappa shape index (κ2) is 5.68. The molecule has 1 N–H and O–H groups in total. The fraction of sp³-hybridized carbons (Fsp3) is 0.733. The summed E-state index contributed by atoms with van der Waals surface area (Å²) in [6.07, 6.45) is 0.753. The molecule has 5 heteroatoms. The van der Waals surface area contributed by atoms with Crippen LogP contribution in [0.3, 0.4) is 0 Å². The average Bonchev–Trinajstić information content (AvgIpc) is 3.10. The molecule has 1 heterocycles. The standard InChI is InChI=1S/C15H20F3NS/c16-15(17,18)11-4-1-2-5-12(11)19-14(10-7-8-10)13-6-3-9-20-13/h3,6,9-12,14,19H,1-2,4-5,7-8H2. The van der Waals surface area contributed by atoms with Crippen LogP contribution in [0.2, 0.25) is 0 Å². The zero-order chi connectivity index (χ0) is 14.2. The third-order valence-electron chi connectivity index (χ3n) is 4.52. The molecule has 0 aromatic carbocycles. The first-order valence-electron chi connectivity index (χ1n) is 7.42. The highest BCUT2D eigenvalue weighted by molar-refractivity contribution is 7.10. The van der Waals surface area contributed by atoms with Gasteiger partial charge in [0.2, 0.25) is 0 Å². The summed E-state index contributed by atoms with van der Waals surface area (Å²) in [5.74, 6) is -0.637. The lowest BCUT2D eigenvalue weighted by atomic mass is 9.83. The number of halogens is 3. The van der Waals surface area contributed by atoms with Crippen LogP contribution in [0.15, 0.2) is 17.5 Å². The molecular weight excluding hydrogens is 283 g/mol. The maximum Gasteiger partial charge on any atom is 0.393 e. The summed E-state index contributed by atoms with van der Waals surface area (Å²) in [5.41, 5.74) is 0. The molecule has 0 aliphatic heterocycles. The van der Waals surface area contributed by atoms with E-state index in [9.17, 15) is 13.2 Å². The molecule has 2 saturated carbocycles. The topological polar surface area (TPSA) is 12.0 Å². The number of hydrogen-bond acceptors (Lipinski definition) is 2. The molecule has 0 radical (unpaired) electrons. The number of rotatable bonds is 4. The van der Waals surface area contributed by atoms with Crippen molar-refractivity contribution >= 4 is 11.3 Å². The molecule has 0 bridgehead atoms. The molecule has 0 saturated heterocycles. The minimum absolute atomic E-state index is 0.128. The molecule has 1 nitrogen and oxygen atoms in total. The molecule has 3 unspecified atom stereocenters. The maximum atomic E-state index is 13.2. The maximum absolute atomic E-state index is 13.2. The Hall–Kier alpha value is -0.550. The van der Waals surface area contributed by atoms with E-state index in [1.165, 1.54) is 4.88 Å². The van der Waals surface area contributed by atoms with E-state index in [4.69, 9.17) is 0 Å². The molecule has 2 aliphatic carbocycles. The summed E-state index contributed by atoms with van der Waals surface area (Å²) in [5, 5.41) is 5.38. The minimum Gasteiger partial charge on any atom is -0.306 e. The molecule has 0 amide bonds. The Morgan fingerprint density at radius 2 is 1.90 bits per heavy atom. The van der Waals surface area contributed by atoms with Gasteiger partial charge in [0.05, 0.1) is 5.92 Å². The first-order chi connectivity index (χ1) is 9.55. The quantitative estimate of drug-likeness (QED) is 0.833. The first kappa shape index (κ1) is 14.4. The Morgan fingerprint density at radius 3 is 2.50 bits per heavy atom. The molecule has 2 aliphatic rings. The van der Waals surface area contributed by atoms with Gasteiger partial charge in [-0.1, -0.05) is 18.9 Å². The van der Waals surface area contributed by atoms with Gasteiger partial charge in [0, 0.05) is 17.0 Å². The van der Waals surface area contributed by atoms with Crippen LogP contribution in [0.4, 0.5) is 13.2 Å². The summed E-state index contributed by atoms with van der Waals surface area (Å²) >= 11 is 1.65. The molecule has 3 rings (SSSR count). The van der Waals surface area contributed by atoms with Gasteiger partial charge in [-0.3, -0.25) is 0 Å². The monoisotopic (exact) mass is 303 g/mol. The van der Waals surface area contributed by atoms with Crippen molar-refractivity contribution in [3.8, 4) is 0 Å². The van der Waals surface area contributed by atoms with Crippen molar-refractivity contribution in [2.24, 2.45) is 11.8 Å². The Labute approximate surface area is 121 Å². The minimum atomic E-state index is -4.07. The lowest BCUT2D eigenvalue weighted by Crippen LogP contribution is -2.47. The third-order valence-corrected chi connectivity index (χ3v) is 5.48. The lowest BCUT2D eigenvalue weighted by Gasteiger charge is -2.36. The Morgan fingerprint density at radius 1 is 1.15 bits per heavy atom. The highest BCUT2D eigenvalue weighted by atomic mass is 32.1. The Balaban J connectivity index is 1.73. The molecule has 1 aromatic heterocycles. The number of nitrogens with one attached hydrogen (secondary N) is 1. The van der Waals surface area contributed by atoms with Crippen LogP contribution < -0.4 is 5.32 Å². The largest absolute Gasteiger partial charge is 0.393 e. The van der Waals surface area contributed by atoms with Crippen LogP contribution in [0.25, 0.3) is 0 Å². The van der Waals surface area contributed by atoms with Gasteiger partial charge in [-0.2, -0.15) is 13.2 Å². The normalized spacial score (nSPS) is 29.4. The van der Waals surface area contributed by atoms with Crippen LogP contribution in [0.1, 0.15) is 49.4 Å². The summed E-state index contributed by atoms with van der Waals surface area (Å²) in [7, 11) is 0. The van der Waals surface area contributed by atoms with Crippen molar-refractivity contribution in [3.05, 3.63) is 22.4 Å². The van der Waals surface area contributed by atoms with Gasteiger partial charge in [-0.25, -0.2) is 0 Å². The third kappa shape index (κ3) is 3.19. The molecule has 2 fully saturated rings. The van der Waals surface area contributed by atoms with Gasteiger partial charge in [0.25, 0.3) is 0 Å². The second-order valence-corrected chi connectivity index (χ2v) is 7.02. The van der Waals surface area contributed by atoms with E-state index >= 15 is 0 Å². The van der Waals surface area contributed by atoms with E-state index in [0.29, 0.717) is 18.8 Å². The highest BCUT2D eigenvalue weighted by Gasteiger charge is 2.47. The van der Waals surface area contributed by atoms with Gasteiger partial charge >= 0.3 is 6.18 Å². The highest BCUT2D eigenvalue weighted by Crippen LogP contribution is 2.45. The predicted octanol–water partition coefficient (Wildman–Crippen LogP) is 4.91. The van der Waals surface area contributed by atoms with Crippen LogP contribution in [0.5, 0.6) is 0 Å². The predicted molar refractivity (Wildman–Crippen MR) is 74.7 cm³/mol. The lowest BCUT2D eigenvalue weighted by molar-refractivity contribution is -0.189. The number of hydrogen-bond donors (Lipinski definition) is 1. The van der Waals surface area contributed by atoms with E-state index in [1.807, 2.05) is 17.5 Å². The van der Waals surface area contributed by atoms with Crippen LogP contribution in [-0.2, 0) is 0 Å². The van der Waals surface area contributed by atoms with Gasteiger partial charge < -0.3 is 5.32 Å². The van der Waals surface area contributed by atoms with Crippen molar-refractivity contribution in [1.82, 2.24) is 5.32 Å². The fourth-order valence-electron chi connectivity index (χ4n) is 3.30. The van der Waals surface area contributed by atoms with Crippen LogP contribution >= 0.6 is 11.3 Å². The van der Waals surface area contributed by atoms with Crippen LogP contribution in [-0.4, -0.2) is 12.2 Å². The van der Waals surface area contributed by atoms with Gasteiger partial charge in [-0.05, 0) is 43.0 Å². The SMILES string of the molecule is FC(F)(F)C1CCCCC1NC(c1cccs1)C1CC1. The van der Waals surface area contributed by atoms with Crippen molar-refractivity contribution in [3.63, 3.8) is 0 Å². The molecule has 3 atom stereocenters. The Kier molecular flexibility index (Phi) is 4.09. The van der Waals surface area contributed by atoms with Gasteiger partial charge in [0.15, 0.2) is 0 Å². The Bertz CT molecular complexity index is 425. The van der Waals surface area contributed by atoms with Crippen LogP contribution in [0, 0.1) is 11.8 Å².